The molecule has 0 fully saturated rings. The summed E-state index contributed by atoms with van der Waals surface area (Å²) in [4.78, 5) is 101. The van der Waals surface area contributed by atoms with Gasteiger partial charge in [0.15, 0.2) is 0 Å². The number of ether oxygens (including phenoxy) is 4. The lowest BCUT2D eigenvalue weighted by atomic mass is 9.87. The number of amides is 6. The SMILES string of the molecule is CC.CCC.CCCN(Cc1ncc(-c2cc3c4c(c2)OCc2cc(-c5cnc(CN(CCC)C(=O)[C@H](NC(=O)C(NC(=O)OC(C)(C)C)C(C)C)c6ccccc6)[nH]5)cc(c2-4)OC3)[nH]1)C(=O)[C@H](NC(=O)CNC(=O)OC(C)(C)C)c1ccccc1. The first-order valence-corrected chi connectivity index (χ1v) is 29.9. The van der Waals surface area contributed by atoms with Crippen molar-refractivity contribution in [3.8, 4) is 45.1 Å². The van der Waals surface area contributed by atoms with E-state index in [4.69, 9.17) is 23.9 Å². The summed E-state index contributed by atoms with van der Waals surface area (Å²) in [5.41, 5.74) is 6.49. The van der Waals surface area contributed by atoms with Crippen molar-refractivity contribution in [2.24, 2.45) is 5.92 Å². The molecule has 2 aliphatic heterocycles. The van der Waals surface area contributed by atoms with E-state index in [1.54, 1.807) is 112 Å². The number of H-pyrrole nitrogens is 2. The van der Waals surface area contributed by atoms with Crippen LogP contribution in [0, 0.1) is 5.92 Å². The van der Waals surface area contributed by atoms with Gasteiger partial charge in [0, 0.05) is 46.5 Å². The summed E-state index contributed by atoms with van der Waals surface area (Å²) in [5, 5.41) is 10.9. The molecule has 6 N–H and O–H groups in total. The van der Waals surface area contributed by atoms with Gasteiger partial charge in [-0.1, -0.05) is 122 Å². The van der Waals surface area contributed by atoms with Gasteiger partial charge in [-0.15, -0.1) is 0 Å². The molecule has 0 saturated heterocycles. The second-order valence-electron chi connectivity index (χ2n) is 23.3. The third-order valence-corrected chi connectivity index (χ3v) is 13.3. The zero-order valence-electron chi connectivity index (χ0n) is 52.5. The monoisotopic (exact) mass is 1180 g/mol. The maximum absolute atomic E-state index is 14.6. The molecule has 4 heterocycles. The molecule has 0 saturated carbocycles. The Morgan fingerprint density at radius 2 is 1.02 bits per heavy atom. The number of aromatic amines is 2. The average Bonchev–Trinajstić information content (AvgIpc) is 3.19. The van der Waals surface area contributed by atoms with Crippen LogP contribution in [0.25, 0.3) is 33.6 Å². The van der Waals surface area contributed by atoms with E-state index in [2.05, 4.69) is 62.2 Å². The number of aromatic nitrogens is 4. The van der Waals surface area contributed by atoms with Gasteiger partial charge in [-0.05, 0) is 95.7 Å². The molecule has 6 aromatic rings. The van der Waals surface area contributed by atoms with Crippen molar-refractivity contribution < 1.29 is 47.7 Å². The van der Waals surface area contributed by atoms with Crippen LogP contribution in [0.1, 0.15) is 162 Å². The van der Waals surface area contributed by atoms with Crippen molar-refractivity contribution in [2.75, 3.05) is 19.6 Å². The molecular formula is C66H88N10O10. The van der Waals surface area contributed by atoms with Gasteiger partial charge in [0.25, 0.3) is 0 Å². The lowest BCUT2D eigenvalue weighted by molar-refractivity contribution is -0.138. The van der Waals surface area contributed by atoms with E-state index in [1.165, 1.54) is 6.42 Å². The zero-order chi connectivity index (χ0) is 62.9. The van der Waals surface area contributed by atoms with Crippen molar-refractivity contribution in [3.63, 3.8) is 0 Å². The van der Waals surface area contributed by atoms with Crippen LogP contribution in [0.15, 0.2) is 97.3 Å². The van der Waals surface area contributed by atoms with Crippen LogP contribution >= 0.6 is 0 Å². The summed E-state index contributed by atoms with van der Waals surface area (Å²) in [6.07, 6.45) is 4.52. The van der Waals surface area contributed by atoms with Crippen LogP contribution in [0.2, 0.25) is 0 Å². The second kappa shape index (κ2) is 30.4. The molecule has 0 radical (unpaired) electrons. The summed E-state index contributed by atoms with van der Waals surface area (Å²) < 4.78 is 23.7. The summed E-state index contributed by atoms with van der Waals surface area (Å²) in [6.45, 7) is 27.4. The molecule has 0 aliphatic carbocycles. The summed E-state index contributed by atoms with van der Waals surface area (Å²) in [7, 11) is 0. The van der Waals surface area contributed by atoms with Crippen molar-refractivity contribution in [2.45, 2.75) is 172 Å². The molecule has 0 bridgehead atoms. The minimum atomic E-state index is -1.06. The predicted octanol–water partition coefficient (Wildman–Crippen LogP) is 11.6. The predicted molar refractivity (Wildman–Crippen MR) is 331 cm³/mol. The molecule has 0 spiro atoms. The van der Waals surface area contributed by atoms with Gasteiger partial charge >= 0.3 is 12.2 Å². The largest absolute Gasteiger partial charge is 0.488 e. The zero-order valence-corrected chi connectivity index (χ0v) is 52.5. The van der Waals surface area contributed by atoms with Crippen molar-refractivity contribution in [3.05, 3.63) is 131 Å². The third kappa shape index (κ3) is 17.9. The maximum Gasteiger partial charge on any atom is 0.408 e. The highest BCUT2D eigenvalue weighted by atomic mass is 16.6. The molecule has 2 aromatic heterocycles. The highest BCUT2D eigenvalue weighted by Crippen LogP contribution is 2.50. The standard InChI is InChI=1S/C61H74N10O10.C3H8.C2H6/c1-11-23-70(56(74)53(37-19-15-13-16-20-37)67-49(72)31-64-58(76)80-60(5,6)7)32-47-62-29-43(65-47)39-25-41-34-79-46-28-40(26-42-35-78-45(27-39)50(41)51(42)46)44-30-63-48(66-44)33-71(24-12-2)57(75)54(38-21-17-14-18-22-38)68-55(73)52(36(3)4)69-59(77)81-61(8,9)10;1-3-2;1-2/h13-22,25-30,36,52-54H,11-12,23-24,31-35H2,1-10H3,(H,62,65)(H,63,66)(H,64,76)(H,67,72)(H,68,73)(H,69,77);3H2,1-2H3;1-2H3/t52?,53-,54-;;/m1../s1. The normalized spacial score (nSPS) is 13.0. The van der Waals surface area contributed by atoms with Crippen LogP contribution in [-0.4, -0.2) is 102 Å². The van der Waals surface area contributed by atoms with E-state index in [9.17, 15) is 28.8 Å². The number of imidazole rings is 2. The molecule has 3 atom stereocenters. The van der Waals surface area contributed by atoms with E-state index in [1.807, 2.05) is 65.8 Å². The maximum atomic E-state index is 14.6. The number of hydrogen-bond acceptors (Lipinski definition) is 12. The van der Waals surface area contributed by atoms with Gasteiger partial charge in [0.2, 0.25) is 23.6 Å². The molecule has 8 rings (SSSR count). The first-order chi connectivity index (χ1) is 41.0. The van der Waals surface area contributed by atoms with Crippen LogP contribution in [-0.2, 0) is 55.0 Å². The minimum absolute atomic E-state index is 0.130. The Kier molecular flexibility index (Phi) is 23.5. The Labute approximate surface area is 506 Å². The smallest absolute Gasteiger partial charge is 0.408 e. The Morgan fingerprint density at radius 3 is 1.43 bits per heavy atom. The minimum Gasteiger partial charge on any atom is -0.488 e. The van der Waals surface area contributed by atoms with Crippen molar-refractivity contribution in [1.29, 1.82) is 0 Å². The first kappa shape index (κ1) is 66.5. The van der Waals surface area contributed by atoms with Crippen LogP contribution in [0.3, 0.4) is 0 Å². The molecule has 2 aliphatic rings. The Bertz CT molecular complexity index is 3200. The van der Waals surface area contributed by atoms with Crippen molar-refractivity contribution >= 4 is 35.8 Å². The lowest BCUT2D eigenvalue weighted by Crippen LogP contribution is -2.53. The van der Waals surface area contributed by atoms with Gasteiger partial charge in [-0.25, -0.2) is 19.6 Å². The molecule has 6 amide bonds. The Balaban J connectivity index is 0.00000229. The quantitative estimate of drug-likeness (QED) is 0.0394. The fraction of sp³-hybridized carbons (Fsp3) is 0.455. The number of alkyl carbamates (subject to hydrolysis) is 2. The van der Waals surface area contributed by atoms with Gasteiger partial charge in [0.05, 0.1) is 36.9 Å². The second-order valence-corrected chi connectivity index (χ2v) is 23.3. The highest BCUT2D eigenvalue weighted by Gasteiger charge is 2.35. The van der Waals surface area contributed by atoms with E-state index < -0.39 is 53.3 Å². The van der Waals surface area contributed by atoms with Crippen LogP contribution < -0.4 is 30.7 Å². The number of carbonyl (C=O) groups is 6. The molecule has 86 heavy (non-hydrogen) atoms. The van der Waals surface area contributed by atoms with E-state index in [0.29, 0.717) is 71.6 Å². The number of carbonyl (C=O) groups excluding carboxylic acids is 6. The topological polar surface area (TPSA) is 251 Å². The molecular weight excluding hydrogens is 1090 g/mol. The number of hydrogen-bond donors (Lipinski definition) is 6. The number of rotatable bonds is 21. The summed E-state index contributed by atoms with van der Waals surface area (Å²) >= 11 is 0. The first-order valence-electron chi connectivity index (χ1n) is 29.9. The molecule has 1 unspecified atom stereocenters. The van der Waals surface area contributed by atoms with Crippen LogP contribution in [0.5, 0.6) is 11.5 Å². The fourth-order valence-electron chi connectivity index (χ4n) is 9.72. The highest BCUT2D eigenvalue weighted by molar-refractivity contribution is 5.93. The van der Waals surface area contributed by atoms with Crippen LogP contribution in [0.4, 0.5) is 9.59 Å². The fourth-order valence-corrected chi connectivity index (χ4v) is 9.72. The Hall–Kier alpha value is -8.68. The van der Waals surface area contributed by atoms with Gasteiger partial charge in [-0.3, -0.25) is 19.2 Å². The molecule has 462 valence electrons. The Morgan fingerprint density at radius 1 is 0.605 bits per heavy atom. The van der Waals surface area contributed by atoms with Gasteiger partial charge < -0.3 is 60.0 Å². The average molecular weight is 1180 g/mol. The van der Waals surface area contributed by atoms with E-state index in [0.717, 1.165) is 33.4 Å². The number of nitrogens with one attached hydrogen (secondary N) is 6. The summed E-state index contributed by atoms with van der Waals surface area (Å²) in [6, 6.07) is 23.0. The van der Waals surface area contributed by atoms with Gasteiger partial charge in [-0.2, -0.15) is 0 Å². The van der Waals surface area contributed by atoms with E-state index in [-0.39, 0.29) is 50.6 Å². The lowest BCUT2D eigenvalue weighted by Gasteiger charge is -2.30. The number of benzene rings is 4. The summed E-state index contributed by atoms with van der Waals surface area (Å²) in [5.74, 6) is 0.414. The van der Waals surface area contributed by atoms with Gasteiger partial charge in [0.1, 0.15) is 72.2 Å². The molecule has 20 nitrogen and oxygen atoms in total. The van der Waals surface area contributed by atoms with E-state index >= 15 is 0 Å². The molecule has 20 heteroatoms. The molecule has 4 aromatic carbocycles. The third-order valence-electron chi connectivity index (χ3n) is 13.3. The number of nitrogens with zero attached hydrogens (tertiary/aromatic N) is 4. The van der Waals surface area contributed by atoms with Crippen molar-refractivity contribution in [1.82, 2.24) is 51.0 Å².